The number of nitrogens with zero attached hydrogens (tertiary/aromatic N) is 3. The smallest absolute Gasteiger partial charge is 0.282 e. The maximum Gasteiger partial charge on any atom is 0.282 e. The molecule has 0 spiro atoms. The molecule has 1 heterocycles. The van der Waals surface area contributed by atoms with Crippen LogP contribution in [0.25, 0.3) is 10.9 Å². The van der Waals surface area contributed by atoms with Gasteiger partial charge in [-0.3, -0.25) is 4.79 Å². The second-order valence-electron chi connectivity index (χ2n) is 6.33. The predicted octanol–water partition coefficient (Wildman–Crippen LogP) is 4.78. The molecule has 3 aromatic rings. The number of hydrogen-bond acceptors (Lipinski definition) is 4. The molecule has 5 nitrogen and oxygen atoms in total. The summed E-state index contributed by atoms with van der Waals surface area (Å²) in [5.41, 5.74) is 1.30. The van der Waals surface area contributed by atoms with Crippen LogP contribution in [0.4, 0.5) is 0 Å². The summed E-state index contributed by atoms with van der Waals surface area (Å²) in [5.74, 6) is 3.81. The average Bonchev–Trinajstić information content (AvgIpc) is 2.66. The molecule has 28 heavy (non-hydrogen) atoms. The number of hydrogen-bond donors (Lipinski definition) is 0. The molecular formula is C21H17BrIN3O2. The first-order chi connectivity index (χ1) is 13.4. The zero-order valence-corrected chi connectivity index (χ0v) is 19.1. The summed E-state index contributed by atoms with van der Waals surface area (Å²) in [6.07, 6.45) is 6.87. The average molecular weight is 550 g/mol. The molecule has 0 aliphatic carbocycles. The lowest BCUT2D eigenvalue weighted by molar-refractivity contribution is 0.368. The number of benzene rings is 2. The van der Waals surface area contributed by atoms with E-state index in [1.165, 1.54) is 4.68 Å². The van der Waals surface area contributed by atoms with Gasteiger partial charge in [0.1, 0.15) is 18.2 Å². The van der Waals surface area contributed by atoms with Crippen molar-refractivity contribution >= 4 is 55.6 Å². The van der Waals surface area contributed by atoms with Gasteiger partial charge in [-0.25, -0.2) is 4.98 Å². The Balaban J connectivity index is 2.05. The number of aromatic nitrogens is 2. The molecule has 3 rings (SSSR count). The van der Waals surface area contributed by atoms with Crippen molar-refractivity contribution in [3.63, 3.8) is 0 Å². The SMILES string of the molecule is C#CCOc1ccc(C=Nn2c(C(C)C)nc3ccc(Br)cc3c2=O)cc1I. The van der Waals surface area contributed by atoms with Crippen molar-refractivity contribution in [3.8, 4) is 18.1 Å². The molecule has 2 aromatic carbocycles. The van der Waals surface area contributed by atoms with E-state index in [0.29, 0.717) is 22.5 Å². The molecule has 7 heteroatoms. The van der Waals surface area contributed by atoms with Crippen LogP contribution in [0, 0.1) is 15.9 Å². The van der Waals surface area contributed by atoms with Crippen molar-refractivity contribution in [1.82, 2.24) is 9.66 Å². The van der Waals surface area contributed by atoms with Gasteiger partial charge in [-0.15, -0.1) is 6.42 Å². The van der Waals surface area contributed by atoms with Gasteiger partial charge in [0.05, 0.1) is 20.7 Å². The van der Waals surface area contributed by atoms with E-state index in [9.17, 15) is 4.79 Å². The van der Waals surface area contributed by atoms with Crippen LogP contribution in [0.15, 0.2) is 50.8 Å². The molecule has 0 N–H and O–H groups in total. The van der Waals surface area contributed by atoms with Crippen molar-refractivity contribution in [1.29, 1.82) is 0 Å². The maximum absolute atomic E-state index is 13.0. The minimum atomic E-state index is -0.199. The molecule has 1 aromatic heterocycles. The minimum Gasteiger partial charge on any atom is -0.480 e. The number of rotatable bonds is 5. The predicted molar refractivity (Wildman–Crippen MR) is 124 cm³/mol. The van der Waals surface area contributed by atoms with Gasteiger partial charge < -0.3 is 4.74 Å². The molecule has 0 radical (unpaired) electrons. The Morgan fingerprint density at radius 1 is 1.36 bits per heavy atom. The zero-order valence-electron chi connectivity index (χ0n) is 15.3. The number of ether oxygens (including phenoxy) is 1. The highest BCUT2D eigenvalue weighted by Gasteiger charge is 2.13. The third-order valence-electron chi connectivity index (χ3n) is 3.94. The van der Waals surface area contributed by atoms with E-state index in [2.05, 4.69) is 54.5 Å². The molecule has 0 fully saturated rings. The van der Waals surface area contributed by atoms with Crippen LogP contribution in [0.5, 0.6) is 5.75 Å². The monoisotopic (exact) mass is 549 g/mol. The molecular weight excluding hydrogens is 533 g/mol. The van der Waals surface area contributed by atoms with Crippen LogP contribution in [0.1, 0.15) is 31.2 Å². The highest BCUT2D eigenvalue weighted by atomic mass is 127. The number of terminal acetylenes is 1. The summed E-state index contributed by atoms with van der Waals surface area (Å²) in [6.45, 7) is 4.19. The Kier molecular flexibility index (Phi) is 6.52. The van der Waals surface area contributed by atoms with Crippen LogP contribution in [-0.4, -0.2) is 22.5 Å². The second-order valence-corrected chi connectivity index (χ2v) is 8.41. The Morgan fingerprint density at radius 2 is 2.14 bits per heavy atom. The Hall–Kier alpha value is -2.18. The standard InChI is InChI=1S/C21H17BrIN3O2/c1-4-9-28-19-8-5-14(10-17(19)23)12-24-26-20(13(2)3)25-18-7-6-15(22)11-16(18)21(26)27/h1,5-8,10-13H,9H2,2-3H3. The largest absolute Gasteiger partial charge is 0.480 e. The molecule has 0 saturated heterocycles. The lowest BCUT2D eigenvalue weighted by Gasteiger charge is -2.12. The van der Waals surface area contributed by atoms with Crippen LogP contribution >= 0.6 is 38.5 Å². The molecule has 0 saturated carbocycles. The molecule has 0 unspecified atom stereocenters. The zero-order chi connectivity index (χ0) is 20.3. The van der Waals surface area contributed by atoms with Gasteiger partial charge in [0.15, 0.2) is 0 Å². The van der Waals surface area contributed by atoms with Crippen LogP contribution in [-0.2, 0) is 0 Å². The van der Waals surface area contributed by atoms with Crippen LogP contribution < -0.4 is 10.3 Å². The molecule has 0 aliphatic heterocycles. The van der Waals surface area contributed by atoms with Gasteiger partial charge in [0.2, 0.25) is 0 Å². The van der Waals surface area contributed by atoms with Crippen molar-refractivity contribution in [2.24, 2.45) is 5.10 Å². The minimum absolute atomic E-state index is 0.0394. The third-order valence-corrected chi connectivity index (χ3v) is 5.28. The summed E-state index contributed by atoms with van der Waals surface area (Å²) in [5, 5.41) is 4.95. The summed E-state index contributed by atoms with van der Waals surface area (Å²) < 4.78 is 8.58. The van der Waals surface area contributed by atoms with Gasteiger partial charge >= 0.3 is 0 Å². The lowest BCUT2D eigenvalue weighted by atomic mass is 10.2. The fourth-order valence-electron chi connectivity index (χ4n) is 2.61. The molecule has 0 aliphatic rings. The Morgan fingerprint density at radius 3 is 2.82 bits per heavy atom. The van der Waals surface area contributed by atoms with E-state index < -0.39 is 0 Å². The topological polar surface area (TPSA) is 56.5 Å². The van der Waals surface area contributed by atoms with Crippen molar-refractivity contribution in [2.45, 2.75) is 19.8 Å². The van der Waals surface area contributed by atoms with E-state index in [1.807, 2.05) is 44.2 Å². The summed E-state index contributed by atoms with van der Waals surface area (Å²) >= 11 is 5.59. The van der Waals surface area contributed by atoms with Crippen molar-refractivity contribution in [2.75, 3.05) is 6.61 Å². The lowest BCUT2D eigenvalue weighted by Crippen LogP contribution is -2.23. The maximum atomic E-state index is 13.0. The fraction of sp³-hybridized carbons (Fsp3) is 0.190. The fourth-order valence-corrected chi connectivity index (χ4v) is 3.67. The summed E-state index contributed by atoms with van der Waals surface area (Å²) in [7, 11) is 0. The Bertz CT molecular complexity index is 1160. The second kappa shape index (κ2) is 8.88. The van der Waals surface area contributed by atoms with Crippen molar-refractivity contribution < 1.29 is 4.74 Å². The van der Waals surface area contributed by atoms with E-state index >= 15 is 0 Å². The summed E-state index contributed by atoms with van der Waals surface area (Å²) in [4.78, 5) is 17.7. The highest BCUT2D eigenvalue weighted by molar-refractivity contribution is 14.1. The normalized spacial score (nSPS) is 11.3. The molecule has 0 bridgehead atoms. The van der Waals surface area contributed by atoms with E-state index in [1.54, 1.807) is 12.3 Å². The molecule has 0 amide bonds. The van der Waals surface area contributed by atoms with Gasteiger partial charge in [-0.05, 0) is 64.6 Å². The van der Waals surface area contributed by atoms with Gasteiger partial charge in [0, 0.05) is 10.4 Å². The number of halogens is 2. The first kappa shape index (κ1) is 20.6. The van der Waals surface area contributed by atoms with Crippen LogP contribution in [0.3, 0.4) is 0 Å². The van der Waals surface area contributed by atoms with Crippen LogP contribution in [0.2, 0.25) is 0 Å². The van der Waals surface area contributed by atoms with E-state index in [0.717, 1.165) is 13.6 Å². The highest BCUT2D eigenvalue weighted by Crippen LogP contribution is 2.22. The van der Waals surface area contributed by atoms with Crippen molar-refractivity contribution in [3.05, 3.63) is 66.2 Å². The van der Waals surface area contributed by atoms with Gasteiger partial charge in [0.25, 0.3) is 5.56 Å². The van der Waals surface area contributed by atoms with Gasteiger partial charge in [-0.2, -0.15) is 9.78 Å². The summed E-state index contributed by atoms with van der Waals surface area (Å²) in [6, 6.07) is 11.1. The first-order valence-corrected chi connectivity index (χ1v) is 10.4. The quantitative estimate of drug-likeness (QED) is 0.261. The van der Waals surface area contributed by atoms with Gasteiger partial charge in [-0.1, -0.05) is 35.7 Å². The number of fused-ring (bicyclic) bond motifs is 1. The van der Waals surface area contributed by atoms with E-state index in [4.69, 9.17) is 11.2 Å². The molecule has 142 valence electrons. The van der Waals surface area contributed by atoms with E-state index in [-0.39, 0.29) is 18.1 Å². The molecule has 0 atom stereocenters. The third kappa shape index (κ3) is 4.45. The first-order valence-electron chi connectivity index (χ1n) is 8.53. The Labute approximate surface area is 185 Å².